The molecule has 0 unspecified atom stereocenters. The Hall–Kier alpha value is -2.59. The van der Waals surface area contributed by atoms with Crippen molar-refractivity contribution >= 4 is 17.7 Å². The molecule has 6 nitrogen and oxygen atoms in total. The molecule has 1 aromatic carbocycles. The van der Waals surface area contributed by atoms with Gasteiger partial charge in [0.05, 0.1) is 12.2 Å². The van der Waals surface area contributed by atoms with Crippen molar-refractivity contribution in [2.45, 2.75) is 26.1 Å². The first-order valence-electron chi connectivity index (χ1n) is 7.00. The fourth-order valence-electron chi connectivity index (χ4n) is 1.71. The van der Waals surface area contributed by atoms with E-state index < -0.39 is 36.1 Å². The number of alkyl halides is 5. The molecule has 0 heterocycles. The summed E-state index contributed by atoms with van der Waals surface area (Å²) >= 11 is 0. The van der Waals surface area contributed by atoms with E-state index >= 15 is 0 Å². The molecule has 0 saturated carbocycles. The Labute approximate surface area is 139 Å². The molecule has 0 aliphatic carbocycles. The van der Waals surface area contributed by atoms with Gasteiger partial charge in [-0.2, -0.15) is 22.0 Å². The summed E-state index contributed by atoms with van der Waals surface area (Å²) in [4.78, 5) is 22.6. The first-order valence-corrected chi connectivity index (χ1v) is 7.00. The molecule has 0 atom stereocenters. The van der Waals surface area contributed by atoms with Crippen LogP contribution in [-0.2, 0) is 15.7 Å². The van der Waals surface area contributed by atoms with Crippen LogP contribution in [-0.4, -0.2) is 31.8 Å². The van der Waals surface area contributed by atoms with Gasteiger partial charge in [-0.3, -0.25) is 4.79 Å². The summed E-state index contributed by atoms with van der Waals surface area (Å²) in [6.07, 6.45) is -5.91. The lowest BCUT2D eigenvalue weighted by Gasteiger charge is -2.15. The molecule has 0 bridgehead atoms. The van der Waals surface area contributed by atoms with Gasteiger partial charge in [-0.05, 0) is 25.1 Å². The molecule has 0 radical (unpaired) electrons. The number of nitrogens with one attached hydrogen (secondary N) is 2. The molecule has 2 N–H and O–H groups in total. The van der Waals surface area contributed by atoms with E-state index in [9.17, 15) is 31.5 Å². The van der Waals surface area contributed by atoms with Crippen LogP contribution < -0.4 is 15.4 Å². The SMILES string of the molecule is CCOC(=O)NCCC(=O)Nc1ccc(OC(F)F)c(C(F)(F)F)c1. The average molecular weight is 370 g/mol. The van der Waals surface area contributed by atoms with Crippen LogP contribution in [0.2, 0.25) is 0 Å². The molecule has 1 rings (SSSR count). The van der Waals surface area contributed by atoms with Crippen molar-refractivity contribution < 1.29 is 41.0 Å². The molecule has 0 aromatic heterocycles. The second-order valence-electron chi connectivity index (χ2n) is 4.53. The summed E-state index contributed by atoms with van der Waals surface area (Å²) in [5.41, 5.74) is -1.70. The van der Waals surface area contributed by atoms with Gasteiger partial charge >= 0.3 is 18.9 Å². The first-order chi connectivity index (χ1) is 11.6. The molecule has 0 saturated heterocycles. The van der Waals surface area contributed by atoms with Gasteiger partial charge in [-0.1, -0.05) is 0 Å². The van der Waals surface area contributed by atoms with Crippen molar-refractivity contribution in [3.05, 3.63) is 23.8 Å². The maximum absolute atomic E-state index is 12.9. The number of amides is 2. The maximum Gasteiger partial charge on any atom is 0.420 e. The number of rotatable bonds is 7. The minimum Gasteiger partial charge on any atom is -0.450 e. The largest absolute Gasteiger partial charge is 0.450 e. The summed E-state index contributed by atoms with van der Waals surface area (Å²) in [7, 11) is 0. The van der Waals surface area contributed by atoms with E-state index in [-0.39, 0.29) is 25.3 Å². The molecule has 0 aliphatic rings. The lowest BCUT2D eigenvalue weighted by Crippen LogP contribution is -2.28. The van der Waals surface area contributed by atoms with E-state index in [1.807, 2.05) is 0 Å². The molecule has 140 valence electrons. The number of halogens is 5. The zero-order valence-corrected chi connectivity index (χ0v) is 13.0. The highest BCUT2D eigenvalue weighted by atomic mass is 19.4. The van der Waals surface area contributed by atoms with E-state index in [0.29, 0.717) is 12.1 Å². The highest BCUT2D eigenvalue weighted by Crippen LogP contribution is 2.38. The van der Waals surface area contributed by atoms with Gasteiger partial charge in [0, 0.05) is 18.7 Å². The molecule has 1 aromatic rings. The Kier molecular flexibility index (Phi) is 7.40. The van der Waals surface area contributed by atoms with Gasteiger partial charge in [0.15, 0.2) is 0 Å². The standard InChI is InChI=1S/C14H15F5N2O4/c1-2-24-13(23)20-6-5-11(22)21-8-3-4-10(25-12(15)16)9(7-8)14(17,18)19/h3-4,7,12H,2,5-6H2,1H3,(H,20,23)(H,21,22). The third kappa shape index (κ3) is 7.23. The number of anilines is 1. The normalized spacial score (nSPS) is 11.2. The predicted molar refractivity (Wildman–Crippen MR) is 76.3 cm³/mol. The number of hydrogen-bond donors (Lipinski definition) is 2. The van der Waals surface area contributed by atoms with E-state index in [1.165, 1.54) is 0 Å². The van der Waals surface area contributed by atoms with Crippen molar-refractivity contribution in [3.63, 3.8) is 0 Å². The fourth-order valence-corrected chi connectivity index (χ4v) is 1.71. The summed E-state index contributed by atoms with van der Waals surface area (Å²) in [6, 6.07) is 2.15. The van der Waals surface area contributed by atoms with E-state index in [0.717, 1.165) is 6.07 Å². The van der Waals surface area contributed by atoms with Gasteiger partial charge in [0.25, 0.3) is 0 Å². The van der Waals surface area contributed by atoms with Gasteiger partial charge in [0.1, 0.15) is 5.75 Å². The van der Waals surface area contributed by atoms with Gasteiger partial charge in [0.2, 0.25) is 5.91 Å². The number of carbonyl (C=O) groups excluding carboxylic acids is 2. The Balaban J connectivity index is 2.72. The predicted octanol–water partition coefficient (Wildman–Crippen LogP) is 3.38. The van der Waals surface area contributed by atoms with Gasteiger partial charge < -0.3 is 20.1 Å². The summed E-state index contributed by atoms with van der Waals surface area (Å²) in [6.45, 7) is -1.78. The Morgan fingerprint density at radius 1 is 1.24 bits per heavy atom. The van der Waals surface area contributed by atoms with E-state index in [4.69, 9.17) is 0 Å². The Morgan fingerprint density at radius 3 is 2.48 bits per heavy atom. The molecule has 25 heavy (non-hydrogen) atoms. The lowest BCUT2D eigenvalue weighted by molar-refractivity contribution is -0.141. The van der Waals surface area contributed by atoms with Crippen LogP contribution in [0.25, 0.3) is 0 Å². The molecular formula is C14H15F5N2O4. The fraction of sp³-hybridized carbons (Fsp3) is 0.429. The number of hydrogen-bond acceptors (Lipinski definition) is 4. The van der Waals surface area contributed by atoms with Crippen molar-refractivity contribution in [3.8, 4) is 5.75 Å². The van der Waals surface area contributed by atoms with E-state index in [1.54, 1.807) is 6.92 Å². The molecule has 11 heteroatoms. The second kappa shape index (κ2) is 9.04. The number of carbonyl (C=O) groups is 2. The third-order valence-electron chi connectivity index (χ3n) is 2.68. The highest BCUT2D eigenvalue weighted by molar-refractivity contribution is 5.91. The summed E-state index contributed by atoms with van der Waals surface area (Å²) in [5.74, 6) is -1.74. The van der Waals surface area contributed by atoms with Crippen LogP contribution in [0.15, 0.2) is 18.2 Å². The minimum atomic E-state index is -4.95. The highest BCUT2D eigenvalue weighted by Gasteiger charge is 2.35. The Bertz CT molecular complexity index is 607. The molecule has 0 fully saturated rings. The number of alkyl carbamates (subject to hydrolysis) is 1. The molecular weight excluding hydrogens is 355 g/mol. The van der Waals surface area contributed by atoms with Gasteiger partial charge in [-0.25, -0.2) is 4.79 Å². The van der Waals surface area contributed by atoms with Crippen LogP contribution in [0.3, 0.4) is 0 Å². The number of ether oxygens (including phenoxy) is 2. The zero-order valence-electron chi connectivity index (χ0n) is 13.0. The first kappa shape index (κ1) is 20.5. The van der Waals surface area contributed by atoms with Crippen molar-refractivity contribution in [1.29, 1.82) is 0 Å². The summed E-state index contributed by atoms with van der Waals surface area (Å²) < 4.78 is 71.3. The van der Waals surface area contributed by atoms with Crippen LogP contribution in [0, 0.1) is 0 Å². The maximum atomic E-state index is 12.9. The second-order valence-corrected chi connectivity index (χ2v) is 4.53. The number of benzene rings is 1. The van der Waals surface area contributed by atoms with Crippen LogP contribution in [0.5, 0.6) is 5.75 Å². The third-order valence-corrected chi connectivity index (χ3v) is 2.68. The van der Waals surface area contributed by atoms with Crippen LogP contribution in [0.4, 0.5) is 32.4 Å². The van der Waals surface area contributed by atoms with E-state index in [2.05, 4.69) is 20.1 Å². The topological polar surface area (TPSA) is 76.7 Å². The quantitative estimate of drug-likeness (QED) is 0.722. The average Bonchev–Trinajstić information content (AvgIpc) is 2.47. The minimum absolute atomic E-state index is 0.0939. The molecule has 2 amide bonds. The monoisotopic (exact) mass is 370 g/mol. The van der Waals surface area contributed by atoms with Crippen LogP contribution >= 0.6 is 0 Å². The van der Waals surface area contributed by atoms with Gasteiger partial charge in [-0.15, -0.1) is 0 Å². The Morgan fingerprint density at radius 2 is 1.92 bits per heavy atom. The van der Waals surface area contributed by atoms with Crippen molar-refractivity contribution in [1.82, 2.24) is 5.32 Å². The summed E-state index contributed by atoms with van der Waals surface area (Å²) in [5, 5.41) is 4.43. The molecule has 0 spiro atoms. The lowest BCUT2D eigenvalue weighted by atomic mass is 10.1. The zero-order chi connectivity index (χ0) is 19.0. The van der Waals surface area contributed by atoms with Crippen LogP contribution in [0.1, 0.15) is 18.9 Å². The van der Waals surface area contributed by atoms with Crippen molar-refractivity contribution in [2.24, 2.45) is 0 Å². The smallest absolute Gasteiger partial charge is 0.420 e. The van der Waals surface area contributed by atoms with Crippen molar-refractivity contribution in [2.75, 3.05) is 18.5 Å². The molecule has 0 aliphatic heterocycles.